The lowest BCUT2D eigenvalue weighted by Gasteiger charge is -2.04. The zero-order valence-corrected chi connectivity index (χ0v) is 13.1. The van der Waals surface area contributed by atoms with Gasteiger partial charge < -0.3 is 0 Å². The number of aromatic nitrogens is 4. The van der Waals surface area contributed by atoms with Gasteiger partial charge in [0.05, 0.1) is 5.69 Å². The number of halogens is 1. The standard InChI is InChI=1S/C13H17BrN4O/c1-7(2)5-10-11(14)12(19)18(17-10)13-15-8(3)6-9(4)16-13/h6-7,17H,5H2,1-4H3. The zero-order chi connectivity index (χ0) is 14.2. The highest BCUT2D eigenvalue weighted by atomic mass is 79.9. The summed E-state index contributed by atoms with van der Waals surface area (Å²) in [5.41, 5.74) is 2.40. The van der Waals surface area contributed by atoms with Gasteiger partial charge in [-0.3, -0.25) is 9.89 Å². The predicted molar refractivity (Wildman–Crippen MR) is 77.7 cm³/mol. The first-order valence-electron chi connectivity index (χ1n) is 6.20. The van der Waals surface area contributed by atoms with Crippen LogP contribution < -0.4 is 5.56 Å². The molecule has 2 rings (SSSR count). The van der Waals surface area contributed by atoms with Crippen molar-refractivity contribution in [2.45, 2.75) is 34.1 Å². The smallest absolute Gasteiger partial charge is 0.288 e. The fourth-order valence-electron chi connectivity index (χ4n) is 1.95. The molecule has 2 aromatic rings. The first-order valence-corrected chi connectivity index (χ1v) is 7.00. The Hall–Kier alpha value is -1.43. The summed E-state index contributed by atoms with van der Waals surface area (Å²) in [5.74, 6) is 0.848. The van der Waals surface area contributed by atoms with E-state index in [1.165, 1.54) is 4.68 Å². The lowest BCUT2D eigenvalue weighted by atomic mass is 10.1. The van der Waals surface area contributed by atoms with Crippen LogP contribution in [0.25, 0.3) is 5.95 Å². The van der Waals surface area contributed by atoms with E-state index < -0.39 is 0 Å². The van der Waals surface area contributed by atoms with Gasteiger partial charge in [-0.2, -0.15) is 4.68 Å². The molecule has 0 aliphatic carbocycles. The van der Waals surface area contributed by atoms with E-state index in [1.54, 1.807) is 0 Å². The van der Waals surface area contributed by atoms with Crippen LogP contribution in [0.15, 0.2) is 15.3 Å². The normalized spacial score (nSPS) is 11.3. The summed E-state index contributed by atoms with van der Waals surface area (Å²) in [6, 6.07) is 1.88. The average molecular weight is 325 g/mol. The van der Waals surface area contributed by atoms with E-state index in [0.717, 1.165) is 23.5 Å². The first-order chi connectivity index (χ1) is 8.88. The zero-order valence-electron chi connectivity index (χ0n) is 11.5. The lowest BCUT2D eigenvalue weighted by Crippen LogP contribution is -2.18. The topological polar surface area (TPSA) is 63.6 Å². The molecular weight excluding hydrogens is 308 g/mol. The van der Waals surface area contributed by atoms with Crippen molar-refractivity contribution in [1.82, 2.24) is 19.7 Å². The summed E-state index contributed by atoms with van der Waals surface area (Å²) in [4.78, 5) is 20.8. The molecule has 0 saturated heterocycles. The van der Waals surface area contributed by atoms with Crippen molar-refractivity contribution in [2.24, 2.45) is 5.92 Å². The molecule has 102 valence electrons. The average Bonchev–Trinajstić information content (AvgIpc) is 2.55. The molecule has 2 aromatic heterocycles. The van der Waals surface area contributed by atoms with Crippen LogP contribution in [0.4, 0.5) is 0 Å². The third-order valence-electron chi connectivity index (χ3n) is 2.69. The van der Waals surface area contributed by atoms with E-state index in [1.807, 2.05) is 19.9 Å². The maximum Gasteiger partial charge on any atom is 0.288 e. The molecule has 0 unspecified atom stereocenters. The summed E-state index contributed by atoms with van der Waals surface area (Å²) < 4.78 is 1.95. The van der Waals surface area contributed by atoms with Gasteiger partial charge in [-0.25, -0.2) is 9.97 Å². The Bertz CT molecular complexity index is 637. The summed E-state index contributed by atoms with van der Waals surface area (Å²) in [5, 5.41) is 3.08. The van der Waals surface area contributed by atoms with Crippen molar-refractivity contribution in [2.75, 3.05) is 0 Å². The second kappa shape index (κ2) is 5.28. The summed E-state index contributed by atoms with van der Waals surface area (Å²) in [6.45, 7) is 7.98. The van der Waals surface area contributed by atoms with Gasteiger partial charge in [-0.15, -0.1) is 0 Å². The Balaban J connectivity index is 2.54. The Kier molecular flexibility index (Phi) is 3.89. The van der Waals surface area contributed by atoms with Crippen molar-refractivity contribution in [3.63, 3.8) is 0 Å². The molecule has 0 spiro atoms. The molecule has 0 fully saturated rings. The molecule has 0 aliphatic heterocycles. The van der Waals surface area contributed by atoms with E-state index in [-0.39, 0.29) is 5.56 Å². The Labute approximate surface area is 120 Å². The monoisotopic (exact) mass is 324 g/mol. The minimum atomic E-state index is -0.152. The van der Waals surface area contributed by atoms with Crippen LogP contribution in [0.3, 0.4) is 0 Å². The second-order valence-electron chi connectivity index (χ2n) is 5.09. The lowest BCUT2D eigenvalue weighted by molar-refractivity contribution is 0.623. The number of hydrogen-bond donors (Lipinski definition) is 1. The Morgan fingerprint density at radius 2 is 1.89 bits per heavy atom. The number of nitrogens with one attached hydrogen (secondary N) is 1. The molecule has 0 radical (unpaired) electrons. The summed E-state index contributed by atoms with van der Waals surface area (Å²) in [6.07, 6.45) is 0.799. The largest absolute Gasteiger partial charge is 0.291 e. The van der Waals surface area contributed by atoms with Crippen LogP contribution in [0.2, 0.25) is 0 Å². The van der Waals surface area contributed by atoms with Crippen LogP contribution in [0.5, 0.6) is 0 Å². The molecular formula is C13H17BrN4O. The van der Waals surface area contributed by atoms with Gasteiger partial charge in [0.2, 0.25) is 0 Å². The van der Waals surface area contributed by atoms with Gasteiger partial charge in [0, 0.05) is 11.4 Å². The van der Waals surface area contributed by atoms with Crippen molar-refractivity contribution in [3.05, 3.63) is 38.0 Å². The third-order valence-corrected chi connectivity index (χ3v) is 3.50. The number of hydrogen-bond acceptors (Lipinski definition) is 3. The maximum absolute atomic E-state index is 12.2. The number of rotatable bonds is 3. The van der Waals surface area contributed by atoms with Gasteiger partial charge in [-0.1, -0.05) is 13.8 Å². The fourth-order valence-corrected chi connectivity index (χ4v) is 2.38. The highest BCUT2D eigenvalue weighted by molar-refractivity contribution is 9.10. The molecule has 1 N–H and O–H groups in total. The van der Waals surface area contributed by atoms with Crippen molar-refractivity contribution in [1.29, 1.82) is 0 Å². The van der Waals surface area contributed by atoms with E-state index in [4.69, 9.17) is 0 Å². The van der Waals surface area contributed by atoms with E-state index >= 15 is 0 Å². The van der Waals surface area contributed by atoms with Gasteiger partial charge in [0.25, 0.3) is 11.5 Å². The molecule has 5 nitrogen and oxygen atoms in total. The third kappa shape index (κ3) is 2.94. The van der Waals surface area contributed by atoms with Crippen molar-refractivity contribution >= 4 is 15.9 Å². The quantitative estimate of drug-likeness (QED) is 0.943. The fraction of sp³-hybridized carbons (Fsp3) is 0.462. The highest BCUT2D eigenvalue weighted by Crippen LogP contribution is 2.15. The van der Waals surface area contributed by atoms with Crippen molar-refractivity contribution < 1.29 is 0 Å². The van der Waals surface area contributed by atoms with Crippen molar-refractivity contribution in [3.8, 4) is 5.95 Å². The summed E-state index contributed by atoms with van der Waals surface area (Å²) in [7, 11) is 0. The predicted octanol–water partition coefficient (Wildman–Crippen LogP) is 2.53. The van der Waals surface area contributed by atoms with E-state index in [0.29, 0.717) is 16.3 Å². The molecule has 2 heterocycles. The number of aryl methyl sites for hydroxylation is 2. The van der Waals surface area contributed by atoms with Crippen LogP contribution >= 0.6 is 15.9 Å². The number of nitrogens with zero attached hydrogens (tertiary/aromatic N) is 3. The van der Waals surface area contributed by atoms with E-state index in [2.05, 4.69) is 44.8 Å². The van der Waals surface area contributed by atoms with E-state index in [9.17, 15) is 4.79 Å². The maximum atomic E-state index is 12.2. The molecule has 0 aliphatic rings. The van der Waals surface area contributed by atoms with Gasteiger partial charge in [-0.05, 0) is 48.2 Å². The minimum absolute atomic E-state index is 0.152. The number of H-pyrrole nitrogens is 1. The SMILES string of the molecule is Cc1cc(C)nc(-n2[nH]c(CC(C)C)c(Br)c2=O)n1. The second-order valence-corrected chi connectivity index (χ2v) is 5.89. The molecule has 0 aromatic carbocycles. The van der Waals surface area contributed by atoms with Crippen LogP contribution in [0, 0.1) is 19.8 Å². The van der Waals surface area contributed by atoms with Crippen LogP contribution in [-0.4, -0.2) is 19.7 Å². The molecule has 0 amide bonds. The molecule has 0 saturated carbocycles. The van der Waals surface area contributed by atoms with Gasteiger partial charge in [0.1, 0.15) is 4.47 Å². The molecule has 6 heteroatoms. The molecule has 0 atom stereocenters. The van der Waals surface area contributed by atoms with Crippen LogP contribution in [-0.2, 0) is 6.42 Å². The first kappa shape index (κ1) is 14.0. The Morgan fingerprint density at radius 3 is 2.42 bits per heavy atom. The molecule has 0 bridgehead atoms. The minimum Gasteiger partial charge on any atom is -0.291 e. The van der Waals surface area contributed by atoms with Gasteiger partial charge in [0.15, 0.2) is 0 Å². The van der Waals surface area contributed by atoms with Gasteiger partial charge >= 0.3 is 0 Å². The van der Waals surface area contributed by atoms with Crippen LogP contribution in [0.1, 0.15) is 30.9 Å². The highest BCUT2D eigenvalue weighted by Gasteiger charge is 2.15. The number of aromatic amines is 1. The Morgan fingerprint density at radius 1 is 1.32 bits per heavy atom. The molecule has 19 heavy (non-hydrogen) atoms. The summed E-state index contributed by atoms with van der Waals surface area (Å²) >= 11 is 3.34.